The quantitative estimate of drug-likeness (QED) is 0.453. The molecule has 3 heterocycles. The predicted octanol–water partition coefficient (Wildman–Crippen LogP) is 2.01. The first-order chi connectivity index (χ1) is 16.0. The number of carbonyl (C=O) groups excluding carboxylic acids is 4. The maximum Gasteiger partial charge on any atom is 0.348 e. The van der Waals surface area contributed by atoms with E-state index in [1.807, 2.05) is 30.3 Å². The lowest BCUT2D eigenvalue weighted by Crippen LogP contribution is -2.48. The number of hydrogen-bond acceptors (Lipinski definition) is 9. The number of likely N-dealkylation sites (tertiary alicyclic amines) is 1. The van der Waals surface area contributed by atoms with Crippen LogP contribution < -0.4 is 0 Å². The Kier molecular flexibility index (Phi) is 6.42. The van der Waals surface area contributed by atoms with Crippen LogP contribution in [0.4, 0.5) is 0 Å². The Balaban J connectivity index is 1.53. The summed E-state index contributed by atoms with van der Waals surface area (Å²) < 4.78 is 21.4. The molecular weight excluding hydrogens is 442 g/mol. The van der Waals surface area contributed by atoms with Gasteiger partial charge in [-0.1, -0.05) is 58.0 Å². The highest BCUT2D eigenvalue weighted by Crippen LogP contribution is 2.36. The zero-order valence-corrected chi connectivity index (χ0v) is 19.9. The van der Waals surface area contributed by atoms with Gasteiger partial charge in [0.15, 0.2) is 0 Å². The van der Waals surface area contributed by atoms with E-state index in [4.69, 9.17) is 18.9 Å². The molecule has 0 radical (unpaired) electrons. The third-order valence-electron chi connectivity index (χ3n) is 6.75. The van der Waals surface area contributed by atoms with Gasteiger partial charge in [0, 0.05) is 17.4 Å². The average Bonchev–Trinajstić information content (AvgIpc) is 3.40. The number of cyclic esters (lactones) is 2. The third-order valence-corrected chi connectivity index (χ3v) is 6.75. The minimum Gasteiger partial charge on any atom is -0.462 e. The number of carbonyl (C=O) groups is 4. The highest BCUT2D eigenvalue weighted by atomic mass is 16.6. The summed E-state index contributed by atoms with van der Waals surface area (Å²) in [6.45, 7) is 7.85. The smallest absolute Gasteiger partial charge is 0.348 e. The Morgan fingerprint density at radius 1 is 0.853 bits per heavy atom. The van der Waals surface area contributed by atoms with Crippen LogP contribution in [0, 0.1) is 10.8 Å². The van der Waals surface area contributed by atoms with Crippen LogP contribution in [-0.2, 0) is 44.7 Å². The van der Waals surface area contributed by atoms with Gasteiger partial charge in [-0.05, 0) is 18.4 Å². The van der Waals surface area contributed by atoms with Gasteiger partial charge >= 0.3 is 23.9 Å². The van der Waals surface area contributed by atoms with Gasteiger partial charge in [-0.2, -0.15) is 0 Å². The van der Waals surface area contributed by atoms with Crippen LogP contribution in [0.5, 0.6) is 0 Å². The minimum absolute atomic E-state index is 0.171. The Hall–Kier alpha value is -2.94. The van der Waals surface area contributed by atoms with Gasteiger partial charge < -0.3 is 18.9 Å². The number of ether oxygens (including phenoxy) is 4. The van der Waals surface area contributed by atoms with Crippen molar-refractivity contribution in [3.63, 3.8) is 0 Å². The van der Waals surface area contributed by atoms with Crippen molar-refractivity contribution in [1.82, 2.24) is 4.90 Å². The van der Waals surface area contributed by atoms with Crippen LogP contribution in [-0.4, -0.2) is 66.3 Å². The van der Waals surface area contributed by atoms with Crippen molar-refractivity contribution in [3.8, 4) is 0 Å². The molecule has 3 aliphatic rings. The molecule has 0 aromatic heterocycles. The lowest BCUT2D eigenvalue weighted by Gasteiger charge is -2.31. The van der Waals surface area contributed by atoms with Crippen LogP contribution in [0.1, 0.15) is 46.1 Å². The second kappa shape index (κ2) is 9.02. The Morgan fingerprint density at radius 3 is 1.68 bits per heavy atom. The summed E-state index contributed by atoms with van der Waals surface area (Å²) in [6.07, 6.45) is -1.30. The van der Waals surface area contributed by atoms with E-state index in [0.717, 1.165) is 5.56 Å². The van der Waals surface area contributed by atoms with Gasteiger partial charge in [-0.15, -0.1) is 0 Å². The van der Waals surface area contributed by atoms with Crippen LogP contribution >= 0.6 is 0 Å². The van der Waals surface area contributed by atoms with Crippen LogP contribution in [0.2, 0.25) is 0 Å². The molecule has 3 fully saturated rings. The third kappa shape index (κ3) is 4.66. The van der Waals surface area contributed by atoms with Crippen molar-refractivity contribution in [2.45, 2.75) is 71.4 Å². The lowest BCUT2D eigenvalue weighted by molar-refractivity contribution is -0.171. The first-order valence-electron chi connectivity index (χ1n) is 11.5. The molecule has 1 aromatic carbocycles. The molecule has 4 atom stereocenters. The first kappa shape index (κ1) is 24.2. The fourth-order valence-corrected chi connectivity index (χ4v) is 4.65. The molecule has 0 N–H and O–H groups in total. The molecule has 4 rings (SSSR count). The summed E-state index contributed by atoms with van der Waals surface area (Å²) in [5, 5.41) is 0. The Morgan fingerprint density at radius 2 is 1.29 bits per heavy atom. The molecule has 0 bridgehead atoms. The van der Waals surface area contributed by atoms with Crippen molar-refractivity contribution >= 4 is 23.9 Å². The highest BCUT2D eigenvalue weighted by Gasteiger charge is 2.52. The van der Waals surface area contributed by atoms with Crippen LogP contribution in [0.25, 0.3) is 0 Å². The predicted molar refractivity (Wildman–Crippen MR) is 118 cm³/mol. The van der Waals surface area contributed by atoms with E-state index in [-0.39, 0.29) is 13.2 Å². The molecule has 34 heavy (non-hydrogen) atoms. The van der Waals surface area contributed by atoms with Gasteiger partial charge in [0.05, 0.1) is 0 Å². The molecule has 3 aliphatic heterocycles. The Labute approximate surface area is 198 Å². The Bertz CT molecular complexity index is 914. The van der Waals surface area contributed by atoms with E-state index in [9.17, 15) is 19.2 Å². The topological polar surface area (TPSA) is 108 Å². The standard InChI is InChI=1S/C25H31NO8/c1-24(2)13-31-22(29)18(24)33-20(27)16-10-11-17(26(16)12-15-8-6-5-7-9-15)21(28)34-19-23(30)32-14-25(19,3)4/h5-9,16-19H,10-14H2,1-4H3/t16-,17-,18-,19-/m0/s1. The van der Waals surface area contributed by atoms with E-state index in [1.165, 1.54) is 0 Å². The number of benzene rings is 1. The molecule has 184 valence electrons. The molecule has 9 heteroatoms. The zero-order valence-electron chi connectivity index (χ0n) is 19.9. The molecule has 0 saturated carbocycles. The van der Waals surface area contributed by atoms with Crippen LogP contribution in [0.3, 0.4) is 0 Å². The number of esters is 4. The largest absolute Gasteiger partial charge is 0.462 e. The molecule has 9 nitrogen and oxygen atoms in total. The van der Waals surface area contributed by atoms with E-state index >= 15 is 0 Å². The van der Waals surface area contributed by atoms with E-state index < -0.39 is 59.0 Å². The number of nitrogens with zero attached hydrogens (tertiary/aromatic N) is 1. The summed E-state index contributed by atoms with van der Waals surface area (Å²) in [4.78, 5) is 52.4. The zero-order chi connectivity index (χ0) is 24.7. The van der Waals surface area contributed by atoms with Crippen molar-refractivity contribution < 1.29 is 38.1 Å². The second-order valence-electron chi connectivity index (χ2n) is 10.6. The average molecular weight is 474 g/mol. The van der Waals surface area contributed by atoms with Gasteiger partial charge in [0.2, 0.25) is 12.2 Å². The van der Waals surface area contributed by atoms with Gasteiger partial charge in [-0.3, -0.25) is 14.5 Å². The van der Waals surface area contributed by atoms with E-state index in [2.05, 4.69) is 0 Å². The molecule has 0 unspecified atom stereocenters. The summed E-state index contributed by atoms with van der Waals surface area (Å²) in [5.74, 6) is -2.29. The van der Waals surface area contributed by atoms with E-state index in [1.54, 1.807) is 32.6 Å². The first-order valence-corrected chi connectivity index (χ1v) is 11.5. The minimum atomic E-state index is -1.00. The highest BCUT2D eigenvalue weighted by molar-refractivity contribution is 5.87. The monoisotopic (exact) mass is 473 g/mol. The molecule has 0 amide bonds. The van der Waals surface area contributed by atoms with Crippen molar-refractivity contribution in [3.05, 3.63) is 35.9 Å². The maximum absolute atomic E-state index is 13.2. The summed E-state index contributed by atoms with van der Waals surface area (Å²) >= 11 is 0. The summed E-state index contributed by atoms with van der Waals surface area (Å²) in [6, 6.07) is 7.94. The molecular formula is C25H31NO8. The number of rotatable bonds is 6. The molecule has 0 spiro atoms. The molecule has 0 aliphatic carbocycles. The van der Waals surface area contributed by atoms with Gasteiger partial charge in [-0.25, -0.2) is 9.59 Å². The van der Waals surface area contributed by atoms with Crippen LogP contribution in [0.15, 0.2) is 30.3 Å². The lowest BCUT2D eigenvalue weighted by atomic mass is 9.90. The summed E-state index contributed by atoms with van der Waals surface area (Å²) in [5.41, 5.74) is -0.369. The number of hydrogen-bond donors (Lipinski definition) is 0. The van der Waals surface area contributed by atoms with Crippen molar-refractivity contribution in [1.29, 1.82) is 0 Å². The fraction of sp³-hybridized carbons (Fsp3) is 0.600. The van der Waals surface area contributed by atoms with Gasteiger partial charge in [0.1, 0.15) is 25.3 Å². The van der Waals surface area contributed by atoms with Crippen molar-refractivity contribution in [2.75, 3.05) is 13.2 Å². The normalized spacial score (nSPS) is 30.0. The fourth-order valence-electron chi connectivity index (χ4n) is 4.65. The molecule has 1 aromatic rings. The SMILES string of the molecule is CC1(C)COC(=O)[C@@H]1OC(=O)[C@@H]1CC[C@@H](C(=O)O[C@H]2C(=O)OCC2(C)C)N1Cc1ccccc1. The van der Waals surface area contributed by atoms with Gasteiger partial charge in [0.25, 0.3) is 0 Å². The van der Waals surface area contributed by atoms with E-state index in [0.29, 0.717) is 19.4 Å². The molecule has 3 saturated heterocycles. The summed E-state index contributed by atoms with van der Waals surface area (Å²) in [7, 11) is 0. The maximum atomic E-state index is 13.2. The second-order valence-corrected chi connectivity index (χ2v) is 10.6. The van der Waals surface area contributed by atoms with Crippen molar-refractivity contribution in [2.24, 2.45) is 10.8 Å².